The van der Waals surface area contributed by atoms with E-state index in [-0.39, 0.29) is 17.3 Å². The van der Waals surface area contributed by atoms with Gasteiger partial charge in [0.15, 0.2) is 0 Å². The molecule has 0 spiro atoms. The number of aromatic nitrogens is 1. The van der Waals surface area contributed by atoms with Crippen LogP contribution in [0, 0.1) is 15.0 Å². The summed E-state index contributed by atoms with van der Waals surface area (Å²) >= 11 is 5.81. The highest BCUT2D eigenvalue weighted by molar-refractivity contribution is 6.32. The van der Waals surface area contributed by atoms with E-state index in [1.54, 1.807) is 13.0 Å². The monoisotopic (exact) mass is 340 g/mol. The van der Waals surface area contributed by atoms with E-state index in [1.807, 2.05) is 0 Å². The molecule has 1 aromatic rings. The molecule has 124 valence electrons. The van der Waals surface area contributed by atoms with Crippen LogP contribution in [-0.2, 0) is 0 Å². The Hall–Kier alpha value is -2.35. The van der Waals surface area contributed by atoms with E-state index in [0.29, 0.717) is 12.0 Å². The molecule has 0 aliphatic rings. The minimum Gasteiger partial charge on any atom is -0.349 e. The van der Waals surface area contributed by atoms with Crippen molar-refractivity contribution < 1.29 is 9.72 Å². The van der Waals surface area contributed by atoms with E-state index >= 15 is 0 Å². The maximum atomic E-state index is 12.0. The predicted molar refractivity (Wildman–Crippen MR) is 86.0 cm³/mol. The molecule has 2 atom stereocenters. The van der Waals surface area contributed by atoms with Crippen molar-refractivity contribution in [2.45, 2.75) is 32.4 Å². The van der Waals surface area contributed by atoms with Gasteiger partial charge in [-0.1, -0.05) is 23.7 Å². The molecule has 1 aromatic heterocycles. The lowest BCUT2D eigenvalue weighted by Gasteiger charge is -2.11. The third-order valence-corrected chi connectivity index (χ3v) is 3.58. The Labute approximate surface area is 138 Å². The normalized spacial score (nSPS) is 14.0. The quantitative estimate of drug-likeness (QED) is 0.257. The van der Waals surface area contributed by atoms with Gasteiger partial charge in [-0.3, -0.25) is 14.9 Å². The van der Waals surface area contributed by atoms with Crippen LogP contribution in [0.4, 0.5) is 0 Å². The van der Waals surface area contributed by atoms with Gasteiger partial charge in [0, 0.05) is 30.2 Å². The molecule has 2 unspecified atom stereocenters. The van der Waals surface area contributed by atoms with Gasteiger partial charge in [0.2, 0.25) is 6.04 Å². The van der Waals surface area contributed by atoms with Crippen molar-refractivity contribution in [1.82, 2.24) is 10.3 Å². The molecule has 1 amide bonds. The van der Waals surface area contributed by atoms with Crippen LogP contribution in [0.15, 0.2) is 35.2 Å². The maximum Gasteiger partial charge on any atom is 0.254 e. The Morgan fingerprint density at radius 2 is 2.30 bits per heavy atom. The number of rotatable bonds is 8. The van der Waals surface area contributed by atoms with Gasteiger partial charge in [-0.25, -0.2) is 4.98 Å². The van der Waals surface area contributed by atoms with Gasteiger partial charge in [0.25, 0.3) is 5.91 Å². The van der Waals surface area contributed by atoms with Crippen LogP contribution in [-0.4, -0.2) is 34.4 Å². The lowest BCUT2D eigenvalue weighted by Crippen LogP contribution is -2.31. The Balaban J connectivity index is 2.77. The summed E-state index contributed by atoms with van der Waals surface area (Å²) in [5, 5.41) is 16.3. The fourth-order valence-electron chi connectivity index (χ4n) is 1.91. The smallest absolute Gasteiger partial charge is 0.254 e. The molecule has 0 saturated heterocycles. The number of hydrogen-bond acceptors (Lipinski definition) is 6. The molecule has 9 heteroatoms. The first kappa shape index (κ1) is 18.7. The van der Waals surface area contributed by atoms with Crippen LogP contribution < -0.4 is 5.32 Å². The van der Waals surface area contributed by atoms with Crippen molar-refractivity contribution in [3.63, 3.8) is 0 Å². The van der Waals surface area contributed by atoms with E-state index in [0.717, 1.165) is 0 Å². The summed E-state index contributed by atoms with van der Waals surface area (Å²) in [6.07, 6.45) is 3.28. The van der Waals surface area contributed by atoms with Gasteiger partial charge >= 0.3 is 0 Å². The highest BCUT2D eigenvalue weighted by atomic mass is 35.5. The number of carbonyl (C=O) groups is 1. The fourth-order valence-corrected chi connectivity index (χ4v) is 2.11. The average Bonchev–Trinajstić information content (AvgIpc) is 2.54. The van der Waals surface area contributed by atoms with Gasteiger partial charge < -0.3 is 5.32 Å². The predicted octanol–water partition coefficient (Wildman–Crippen LogP) is 2.60. The summed E-state index contributed by atoms with van der Waals surface area (Å²) in [6, 6.07) is 1.25. The summed E-state index contributed by atoms with van der Waals surface area (Å²) in [5.41, 5.74) is 0.658. The van der Waals surface area contributed by atoms with Gasteiger partial charge in [-0.2, -0.15) is 4.91 Å². The Morgan fingerprint density at radius 3 is 2.83 bits per heavy atom. The molecule has 0 aliphatic heterocycles. The van der Waals surface area contributed by atoms with Crippen LogP contribution in [0.1, 0.15) is 30.6 Å². The van der Waals surface area contributed by atoms with E-state index in [4.69, 9.17) is 11.6 Å². The van der Waals surface area contributed by atoms with Crippen LogP contribution in [0.3, 0.4) is 0 Å². The summed E-state index contributed by atoms with van der Waals surface area (Å²) < 4.78 is 0. The second-order valence-electron chi connectivity index (χ2n) is 4.78. The minimum absolute atomic E-state index is 0.0485. The van der Waals surface area contributed by atoms with E-state index in [9.17, 15) is 19.8 Å². The number of nitrogens with zero attached hydrogens (tertiary/aromatic N) is 3. The Bertz CT molecular complexity index is 621. The number of nitro groups is 1. The van der Waals surface area contributed by atoms with Crippen molar-refractivity contribution in [1.29, 1.82) is 0 Å². The largest absolute Gasteiger partial charge is 0.349 e. The lowest BCUT2D eigenvalue weighted by molar-refractivity contribution is -0.508. The lowest BCUT2D eigenvalue weighted by atomic mass is 10.0. The second-order valence-corrected chi connectivity index (χ2v) is 5.14. The SMILES string of the molecule is CCC(=CC(CNC(=O)c1cccnc1Cl)N=O)C(C)[N+](=O)[O-]. The molecule has 1 heterocycles. The summed E-state index contributed by atoms with van der Waals surface area (Å²) in [7, 11) is 0. The Kier molecular flexibility index (Phi) is 7.27. The molecule has 23 heavy (non-hydrogen) atoms. The number of carbonyl (C=O) groups excluding carboxylic acids is 1. The highest BCUT2D eigenvalue weighted by Gasteiger charge is 2.20. The van der Waals surface area contributed by atoms with Crippen molar-refractivity contribution in [2.24, 2.45) is 5.18 Å². The highest BCUT2D eigenvalue weighted by Crippen LogP contribution is 2.13. The van der Waals surface area contributed by atoms with E-state index in [1.165, 1.54) is 25.3 Å². The first-order valence-corrected chi connectivity index (χ1v) is 7.33. The van der Waals surface area contributed by atoms with Crippen LogP contribution >= 0.6 is 11.6 Å². The average molecular weight is 341 g/mol. The number of nitrogens with one attached hydrogen (secondary N) is 1. The molecule has 0 fully saturated rings. The van der Waals surface area contributed by atoms with Crippen LogP contribution in [0.5, 0.6) is 0 Å². The second kappa shape index (κ2) is 8.94. The standard InChI is InChI=1S/C14H17ClN4O4/c1-3-10(9(2)19(22)23)7-11(18-21)8-17-14(20)12-5-4-6-16-13(12)15/h4-7,9,11H,3,8H2,1-2H3,(H,17,20). The first-order chi connectivity index (χ1) is 10.9. The molecule has 0 aromatic carbocycles. The van der Waals surface area contributed by atoms with Crippen LogP contribution in [0.2, 0.25) is 5.15 Å². The molecule has 1 rings (SSSR count). The Morgan fingerprint density at radius 1 is 1.61 bits per heavy atom. The van der Waals surface area contributed by atoms with Crippen molar-refractivity contribution in [2.75, 3.05) is 6.54 Å². The first-order valence-electron chi connectivity index (χ1n) is 6.95. The maximum absolute atomic E-state index is 12.0. The number of pyridine rings is 1. The molecule has 0 radical (unpaired) electrons. The van der Waals surface area contributed by atoms with E-state index < -0.39 is 22.9 Å². The minimum atomic E-state index is -0.910. The number of halogens is 1. The van der Waals surface area contributed by atoms with Crippen LogP contribution in [0.25, 0.3) is 0 Å². The molecule has 0 aliphatic carbocycles. The molecule has 1 N–H and O–H groups in total. The van der Waals surface area contributed by atoms with Crippen molar-refractivity contribution in [3.05, 3.63) is 55.7 Å². The molecular formula is C14H17ClN4O4. The number of nitroso groups, excluding NO2 is 1. The van der Waals surface area contributed by atoms with Crippen molar-refractivity contribution in [3.8, 4) is 0 Å². The van der Waals surface area contributed by atoms with Gasteiger partial charge in [-0.15, -0.1) is 0 Å². The number of amides is 1. The molecular weight excluding hydrogens is 324 g/mol. The van der Waals surface area contributed by atoms with Gasteiger partial charge in [-0.05, 0) is 24.6 Å². The summed E-state index contributed by atoms with van der Waals surface area (Å²) in [4.78, 5) is 37.1. The van der Waals surface area contributed by atoms with E-state index in [2.05, 4.69) is 15.5 Å². The molecule has 8 nitrogen and oxygen atoms in total. The summed E-state index contributed by atoms with van der Waals surface area (Å²) in [6.45, 7) is 3.11. The molecule has 0 bridgehead atoms. The zero-order chi connectivity index (χ0) is 17.4. The third kappa shape index (κ3) is 5.41. The summed E-state index contributed by atoms with van der Waals surface area (Å²) in [5.74, 6) is -0.495. The fraction of sp³-hybridized carbons (Fsp3) is 0.429. The zero-order valence-electron chi connectivity index (χ0n) is 12.7. The van der Waals surface area contributed by atoms with Crippen molar-refractivity contribution >= 4 is 17.5 Å². The molecule has 0 saturated carbocycles. The topological polar surface area (TPSA) is 115 Å². The zero-order valence-corrected chi connectivity index (χ0v) is 13.5. The number of hydrogen-bond donors (Lipinski definition) is 1. The third-order valence-electron chi connectivity index (χ3n) is 3.28. The van der Waals surface area contributed by atoms with Gasteiger partial charge in [0.1, 0.15) is 11.2 Å². The van der Waals surface area contributed by atoms with Gasteiger partial charge in [0.05, 0.1) is 5.56 Å².